The second kappa shape index (κ2) is 8.67. The van der Waals surface area contributed by atoms with Gasteiger partial charge in [0, 0.05) is 6.42 Å². The largest absolute Gasteiger partial charge is 0.368 e. The van der Waals surface area contributed by atoms with E-state index in [-0.39, 0.29) is 18.6 Å². The molecular formula is C18H26N2O3. The van der Waals surface area contributed by atoms with Crippen molar-refractivity contribution < 1.29 is 14.3 Å². The number of hydrogen-bond donors (Lipinski definition) is 2. The maximum absolute atomic E-state index is 12.1. The molecule has 0 unspecified atom stereocenters. The molecule has 5 heteroatoms. The molecule has 3 N–H and O–H groups in total. The summed E-state index contributed by atoms with van der Waals surface area (Å²) in [7, 11) is 0. The lowest BCUT2D eigenvalue weighted by Gasteiger charge is -2.28. The van der Waals surface area contributed by atoms with E-state index in [0.717, 1.165) is 24.8 Å². The first-order valence-electron chi connectivity index (χ1n) is 8.30. The summed E-state index contributed by atoms with van der Waals surface area (Å²) in [5, 5.41) is 2.68. The Hall–Kier alpha value is -1.88. The van der Waals surface area contributed by atoms with Crippen molar-refractivity contribution in [3.63, 3.8) is 0 Å². The highest BCUT2D eigenvalue weighted by molar-refractivity contribution is 5.87. The Morgan fingerprint density at radius 1 is 1.26 bits per heavy atom. The lowest BCUT2D eigenvalue weighted by Crippen LogP contribution is -2.47. The van der Waals surface area contributed by atoms with E-state index >= 15 is 0 Å². The van der Waals surface area contributed by atoms with E-state index in [9.17, 15) is 9.59 Å². The van der Waals surface area contributed by atoms with Crippen molar-refractivity contribution in [3.05, 3.63) is 35.9 Å². The van der Waals surface area contributed by atoms with Crippen LogP contribution in [0, 0.1) is 5.92 Å². The van der Waals surface area contributed by atoms with E-state index in [1.807, 2.05) is 30.3 Å². The van der Waals surface area contributed by atoms with Gasteiger partial charge in [0.25, 0.3) is 0 Å². The number of carbonyl (C=O) groups is 2. The van der Waals surface area contributed by atoms with E-state index in [1.165, 1.54) is 6.42 Å². The number of primary amides is 1. The van der Waals surface area contributed by atoms with Gasteiger partial charge >= 0.3 is 0 Å². The third-order valence-electron chi connectivity index (χ3n) is 4.42. The number of carbonyl (C=O) groups excluding carboxylic acids is 2. The number of nitrogens with two attached hydrogens (primary N) is 1. The number of benzene rings is 1. The molecule has 1 aromatic rings. The monoisotopic (exact) mass is 318 g/mol. The number of ether oxygens (including phenoxy) is 1. The van der Waals surface area contributed by atoms with Crippen LogP contribution < -0.4 is 11.1 Å². The Kier molecular flexibility index (Phi) is 6.59. The lowest BCUT2D eigenvalue weighted by atomic mass is 9.88. The molecule has 5 nitrogen and oxygen atoms in total. The van der Waals surface area contributed by atoms with Gasteiger partial charge < -0.3 is 15.8 Å². The van der Waals surface area contributed by atoms with Gasteiger partial charge in [-0.25, -0.2) is 0 Å². The summed E-state index contributed by atoms with van der Waals surface area (Å²) in [5.41, 5.74) is 6.36. The van der Waals surface area contributed by atoms with Crippen LogP contribution in [0.2, 0.25) is 0 Å². The summed E-state index contributed by atoms with van der Waals surface area (Å²) in [6, 6.07) is 8.79. The molecule has 2 amide bonds. The highest BCUT2D eigenvalue weighted by atomic mass is 16.5. The Morgan fingerprint density at radius 3 is 2.61 bits per heavy atom. The fourth-order valence-electron chi connectivity index (χ4n) is 3.02. The predicted octanol–water partition coefficient (Wildman–Crippen LogP) is 1.79. The maximum Gasteiger partial charge on any atom is 0.246 e. The standard InChI is InChI=1S/C18H26N2O3/c1-13-7-5-6-10-16(13)23-12-17(21)20-15(18(19)22)11-14-8-3-2-4-9-14/h2-4,8-9,13,15-16H,5-7,10-12H2,1H3,(H2,19,22)(H,20,21)/t13-,15-,16+/m1/s1. The molecule has 0 aliphatic heterocycles. The summed E-state index contributed by atoms with van der Waals surface area (Å²) in [6.45, 7) is 2.14. The van der Waals surface area contributed by atoms with Crippen LogP contribution >= 0.6 is 0 Å². The van der Waals surface area contributed by atoms with E-state index < -0.39 is 11.9 Å². The highest BCUT2D eigenvalue weighted by Crippen LogP contribution is 2.26. The summed E-state index contributed by atoms with van der Waals surface area (Å²) in [4.78, 5) is 23.6. The smallest absolute Gasteiger partial charge is 0.246 e. The highest BCUT2D eigenvalue weighted by Gasteiger charge is 2.24. The number of nitrogens with one attached hydrogen (secondary N) is 1. The minimum Gasteiger partial charge on any atom is -0.368 e. The zero-order valence-electron chi connectivity index (χ0n) is 13.7. The van der Waals surface area contributed by atoms with Crippen molar-refractivity contribution in [2.45, 2.75) is 51.2 Å². The molecule has 1 aliphatic carbocycles. The molecular weight excluding hydrogens is 292 g/mol. The SMILES string of the molecule is C[C@@H]1CCCC[C@@H]1OCC(=O)N[C@H](Cc1ccccc1)C(N)=O. The Bertz CT molecular complexity index is 518. The Morgan fingerprint density at radius 2 is 1.96 bits per heavy atom. The molecule has 1 fully saturated rings. The molecule has 1 aliphatic rings. The molecule has 0 heterocycles. The third-order valence-corrected chi connectivity index (χ3v) is 4.42. The van der Waals surface area contributed by atoms with Crippen LogP contribution in [0.4, 0.5) is 0 Å². The molecule has 0 saturated heterocycles. The van der Waals surface area contributed by atoms with Crippen LogP contribution in [-0.4, -0.2) is 30.6 Å². The minimum atomic E-state index is -0.711. The Labute approximate surface area is 137 Å². The van der Waals surface area contributed by atoms with Crippen LogP contribution in [0.5, 0.6) is 0 Å². The van der Waals surface area contributed by atoms with Crippen LogP contribution in [0.1, 0.15) is 38.2 Å². The fraction of sp³-hybridized carbons (Fsp3) is 0.556. The predicted molar refractivity (Wildman–Crippen MR) is 88.6 cm³/mol. The maximum atomic E-state index is 12.1. The van der Waals surface area contributed by atoms with Crippen molar-refractivity contribution in [1.82, 2.24) is 5.32 Å². The van der Waals surface area contributed by atoms with E-state index in [2.05, 4.69) is 12.2 Å². The normalized spacial score (nSPS) is 22.3. The molecule has 1 saturated carbocycles. The summed E-state index contributed by atoms with van der Waals surface area (Å²) < 4.78 is 5.72. The van der Waals surface area contributed by atoms with Crippen LogP contribution in [0.15, 0.2) is 30.3 Å². The van der Waals surface area contributed by atoms with Crippen LogP contribution in [0.3, 0.4) is 0 Å². The fourth-order valence-corrected chi connectivity index (χ4v) is 3.02. The van der Waals surface area contributed by atoms with Gasteiger partial charge in [0.05, 0.1) is 6.10 Å². The molecule has 0 bridgehead atoms. The lowest BCUT2D eigenvalue weighted by molar-refractivity contribution is -0.133. The summed E-state index contributed by atoms with van der Waals surface area (Å²) in [6.07, 6.45) is 5.04. The van der Waals surface area contributed by atoms with Crippen LogP contribution in [0.25, 0.3) is 0 Å². The van der Waals surface area contributed by atoms with Gasteiger partial charge in [-0.15, -0.1) is 0 Å². The molecule has 0 radical (unpaired) electrons. The van der Waals surface area contributed by atoms with Gasteiger partial charge in [-0.05, 0) is 24.3 Å². The average molecular weight is 318 g/mol. The van der Waals surface area contributed by atoms with Crippen molar-refractivity contribution >= 4 is 11.8 Å². The minimum absolute atomic E-state index is 0.0203. The van der Waals surface area contributed by atoms with Crippen molar-refractivity contribution in [2.75, 3.05) is 6.61 Å². The van der Waals surface area contributed by atoms with Crippen molar-refractivity contribution in [3.8, 4) is 0 Å². The molecule has 126 valence electrons. The molecule has 0 spiro atoms. The topological polar surface area (TPSA) is 81.4 Å². The molecule has 2 rings (SSSR count). The molecule has 23 heavy (non-hydrogen) atoms. The number of amides is 2. The third kappa shape index (κ3) is 5.67. The van der Waals surface area contributed by atoms with Gasteiger partial charge in [-0.1, -0.05) is 50.1 Å². The van der Waals surface area contributed by atoms with E-state index in [1.54, 1.807) is 0 Å². The first-order chi connectivity index (χ1) is 11.1. The summed E-state index contributed by atoms with van der Waals surface area (Å²) in [5.74, 6) is -0.344. The van der Waals surface area contributed by atoms with Gasteiger partial charge in [-0.3, -0.25) is 9.59 Å². The van der Waals surface area contributed by atoms with Gasteiger partial charge in [0.2, 0.25) is 11.8 Å². The second-order valence-corrected chi connectivity index (χ2v) is 6.32. The van der Waals surface area contributed by atoms with Gasteiger partial charge in [0.1, 0.15) is 12.6 Å². The average Bonchev–Trinajstić information content (AvgIpc) is 2.54. The Balaban J connectivity index is 1.82. The zero-order chi connectivity index (χ0) is 16.7. The van der Waals surface area contributed by atoms with E-state index in [0.29, 0.717) is 12.3 Å². The van der Waals surface area contributed by atoms with Gasteiger partial charge in [-0.2, -0.15) is 0 Å². The first-order valence-corrected chi connectivity index (χ1v) is 8.30. The second-order valence-electron chi connectivity index (χ2n) is 6.32. The van der Waals surface area contributed by atoms with Gasteiger partial charge in [0.15, 0.2) is 0 Å². The number of rotatable bonds is 7. The van der Waals surface area contributed by atoms with Crippen LogP contribution in [-0.2, 0) is 20.7 Å². The zero-order valence-corrected chi connectivity index (χ0v) is 13.7. The molecule has 1 aromatic carbocycles. The van der Waals surface area contributed by atoms with Crippen molar-refractivity contribution in [2.24, 2.45) is 11.7 Å². The number of hydrogen-bond acceptors (Lipinski definition) is 3. The first kappa shape index (κ1) is 17.5. The quantitative estimate of drug-likeness (QED) is 0.804. The summed E-state index contributed by atoms with van der Waals surface area (Å²) >= 11 is 0. The molecule has 3 atom stereocenters. The van der Waals surface area contributed by atoms with Crippen molar-refractivity contribution in [1.29, 1.82) is 0 Å². The molecule has 0 aromatic heterocycles. The van der Waals surface area contributed by atoms with E-state index in [4.69, 9.17) is 10.5 Å².